The molecule has 2 aliphatic rings. The number of hydrogen-bond acceptors (Lipinski definition) is 4. The molecule has 2 unspecified atom stereocenters. The standard InChI is InChI=1S/C30H31FN2O2/c1-20-13-24(10-12-32-20)29-27-15-23(6-7-25(27)18-33-29)28(35)14-22-3-2-11-30(17-22,19-34)16-21-4-8-26(31)9-5-21/h4-10,12-13,15,22,34H,2-3,11,14,16-19H2,1H3. The molecule has 3 aromatic rings. The van der Waals surface area contributed by atoms with Gasteiger partial charge in [-0.25, -0.2) is 4.39 Å². The van der Waals surface area contributed by atoms with E-state index < -0.39 is 0 Å². The lowest BCUT2D eigenvalue weighted by Crippen LogP contribution is -2.35. The highest BCUT2D eigenvalue weighted by molar-refractivity contribution is 6.16. The van der Waals surface area contributed by atoms with E-state index in [1.165, 1.54) is 12.1 Å². The van der Waals surface area contributed by atoms with Gasteiger partial charge < -0.3 is 5.11 Å². The smallest absolute Gasteiger partial charge is 0.163 e. The minimum atomic E-state index is -0.252. The molecule has 1 N–H and O–H groups in total. The predicted octanol–water partition coefficient (Wildman–Crippen LogP) is 5.86. The summed E-state index contributed by atoms with van der Waals surface area (Å²) in [4.78, 5) is 22.4. The SMILES string of the molecule is Cc1cc(C2=NCc3ccc(C(=O)CC4CCCC(CO)(Cc5ccc(F)cc5)C4)cc32)ccn1. The van der Waals surface area contributed by atoms with Gasteiger partial charge in [-0.3, -0.25) is 14.8 Å². The van der Waals surface area contributed by atoms with E-state index >= 15 is 0 Å². The van der Waals surface area contributed by atoms with E-state index in [4.69, 9.17) is 4.99 Å². The number of aliphatic hydroxyl groups is 1. The molecule has 0 radical (unpaired) electrons. The van der Waals surface area contributed by atoms with Gasteiger partial charge in [0.2, 0.25) is 0 Å². The molecule has 1 aliphatic carbocycles. The minimum Gasteiger partial charge on any atom is -0.396 e. The zero-order valence-electron chi connectivity index (χ0n) is 20.1. The van der Waals surface area contributed by atoms with Crippen LogP contribution in [-0.4, -0.2) is 28.2 Å². The van der Waals surface area contributed by atoms with Gasteiger partial charge in [0.15, 0.2) is 5.78 Å². The molecule has 2 aromatic carbocycles. The second-order valence-electron chi connectivity index (χ2n) is 10.3. The fourth-order valence-corrected chi connectivity index (χ4v) is 5.83. The van der Waals surface area contributed by atoms with Crippen LogP contribution in [0.5, 0.6) is 0 Å². The Morgan fingerprint density at radius 2 is 1.97 bits per heavy atom. The molecule has 0 spiro atoms. The molecule has 4 nitrogen and oxygen atoms in total. The number of aryl methyl sites for hydroxylation is 1. The Hall–Kier alpha value is -3.18. The van der Waals surface area contributed by atoms with Crippen molar-refractivity contribution < 1.29 is 14.3 Å². The lowest BCUT2D eigenvalue weighted by Gasteiger charge is -2.40. The van der Waals surface area contributed by atoms with Gasteiger partial charge in [0.05, 0.1) is 12.3 Å². The third-order valence-electron chi connectivity index (χ3n) is 7.61. The van der Waals surface area contributed by atoms with Gasteiger partial charge in [0.25, 0.3) is 0 Å². The first-order valence-electron chi connectivity index (χ1n) is 12.4. The Morgan fingerprint density at radius 1 is 1.14 bits per heavy atom. The summed E-state index contributed by atoms with van der Waals surface area (Å²) in [5, 5.41) is 10.3. The summed E-state index contributed by atoms with van der Waals surface area (Å²) < 4.78 is 13.3. The van der Waals surface area contributed by atoms with Crippen molar-refractivity contribution >= 4 is 11.5 Å². The number of pyridine rings is 1. The summed E-state index contributed by atoms with van der Waals surface area (Å²) in [6.07, 6.45) is 6.69. The van der Waals surface area contributed by atoms with Crippen LogP contribution in [0.1, 0.15) is 70.4 Å². The Morgan fingerprint density at radius 3 is 2.74 bits per heavy atom. The van der Waals surface area contributed by atoms with Crippen LogP contribution in [0.15, 0.2) is 65.8 Å². The molecule has 5 heteroatoms. The van der Waals surface area contributed by atoms with Crippen LogP contribution in [-0.2, 0) is 13.0 Å². The van der Waals surface area contributed by atoms with Gasteiger partial charge in [-0.15, -0.1) is 0 Å². The van der Waals surface area contributed by atoms with Gasteiger partial charge in [-0.1, -0.05) is 30.7 Å². The van der Waals surface area contributed by atoms with Gasteiger partial charge >= 0.3 is 0 Å². The van der Waals surface area contributed by atoms with E-state index in [0.29, 0.717) is 19.4 Å². The van der Waals surface area contributed by atoms with Crippen molar-refractivity contribution in [1.82, 2.24) is 4.98 Å². The molecule has 2 heterocycles. The number of halogens is 1. The Kier molecular flexibility index (Phi) is 6.61. The highest BCUT2D eigenvalue weighted by Crippen LogP contribution is 2.43. The van der Waals surface area contributed by atoms with Gasteiger partial charge in [-0.05, 0) is 85.4 Å². The number of benzene rings is 2. The number of hydrogen-bond donors (Lipinski definition) is 1. The number of rotatable bonds is 7. The Bertz CT molecular complexity index is 1270. The molecular weight excluding hydrogens is 439 g/mol. The fourth-order valence-electron chi connectivity index (χ4n) is 5.83. The predicted molar refractivity (Wildman–Crippen MR) is 135 cm³/mol. The largest absolute Gasteiger partial charge is 0.396 e. The lowest BCUT2D eigenvalue weighted by atomic mass is 9.66. The molecule has 0 saturated heterocycles. The summed E-state index contributed by atoms with van der Waals surface area (Å²) in [6.45, 7) is 2.68. The number of aromatic nitrogens is 1. The van der Waals surface area contributed by atoms with Crippen molar-refractivity contribution in [2.24, 2.45) is 16.3 Å². The van der Waals surface area contributed by atoms with Crippen molar-refractivity contribution in [2.45, 2.75) is 52.0 Å². The third kappa shape index (κ3) is 5.10. The van der Waals surface area contributed by atoms with Crippen LogP contribution >= 0.6 is 0 Å². The van der Waals surface area contributed by atoms with Crippen LogP contribution in [0, 0.1) is 24.1 Å². The quantitative estimate of drug-likeness (QED) is 0.440. The van der Waals surface area contributed by atoms with Crippen molar-refractivity contribution in [1.29, 1.82) is 0 Å². The van der Waals surface area contributed by atoms with Crippen LogP contribution in [0.3, 0.4) is 0 Å². The molecule has 35 heavy (non-hydrogen) atoms. The molecule has 1 aromatic heterocycles. The topological polar surface area (TPSA) is 62.5 Å². The normalized spacial score (nSPS) is 21.5. The number of carbonyl (C=O) groups excluding carboxylic acids is 1. The van der Waals surface area contributed by atoms with E-state index in [9.17, 15) is 14.3 Å². The molecule has 1 saturated carbocycles. The first-order chi connectivity index (χ1) is 16.9. The zero-order valence-corrected chi connectivity index (χ0v) is 20.1. The number of aliphatic imine (C=N–C) groups is 1. The average molecular weight is 471 g/mol. The van der Waals surface area contributed by atoms with E-state index in [0.717, 1.165) is 64.9 Å². The summed E-state index contributed by atoms with van der Waals surface area (Å²) in [6, 6.07) is 16.5. The maximum absolute atomic E-state index is 13.4. The average Bonchev–Trinajstić information content (AvgIpc) is 3.29. The van der Waals surface area contributed by atoms with Gasteiger partial charge in [0.1, 0.15) is 5.82 Å². The van der Waals surface area contributed by atoms with Crippen molar-refractivity contribution in [3.63, 3.8) is 0 Å². The first-order valence-corrected chi connectivity index (χ1v) is 12.4. The molecule has 0 amide bonds. The highest BCUT2D eigenvalue weighted by atomic mass is 19.1. The highest BCUT2D eigenvalue weighted by Gasteiger charge is 2.37. The second kappa shape index (κ2) is 9.82. The van der Waals surface area contributed by atoms with Crippen LogP contribution in [0.4, 0.5) is 4.39 Å². The van der Waals surface area contributed by atoms with E-state index in [1.807, 2.05) is 37.3 Å². The van der Waals surface area contributed by atoms with E-state index in [2.05, 4.69) is 4.98 Å². The molecule has 1 aliphatic heterocycles. The monoisotopic (exact) mass is 470 g/mol. The number of carbonyl (C=O) groups is 1. The maximum Gasteiger partial charge on any atom is 0.163 e. The number of Topliss-reactive ketones (excluding diaryl/α,β-unsaturated/α-hetero) is 1. The summed E-state index contributed by atoms with van der Waals surface area (Å²) in [7, 11) is 0. The number of aliphatic hydroxyl groups excluding tert-OH is 1. The summed E-state index contributed by atoms with van der Waals surface area (Å²) in [5.41, 5.74) is 6.58. The molecule has 5 rings (SSSR count). The Labute approximate surface area is 206 Å². The van der Waals surface area contributed by atoms with Crippen LogP contribution < -0.4 is 0 Å². The number of fused-ring (bicyclic) bond motifs is 1. The molecule has 1 fully saturated rings. The number of nitrogens with zero attached hydrogens (tertiary/aromatic N) is 2. The maximum atomic E-state index is 13.4. The second-order valence-corrected chi connectivity index (χ2v) is 10.3. The Balaban J connectivity index is 1.30. The fraction of sp³-hybridized carbons (Fsp3) is 0.367. The van der Waals surface area contributed by atoms with E-state index in [1.54, 1.807) is 18.3 Å². The van der Waals surface area contributed by atoms with Gasteiger partial charge in [0, 0.05) is 41.6 Å². The van der Waals surface area contributed by atoms with Crippen molar-refractivity contribution in [2.75, 3.05) is 6.61 Å². The minimum absolute atomic E-state index is 0.0824. The zero-order chi connectivity index (χ0) is 24.4. The molecule has 180 valence electrons. The third-order valence-corrected chi connectivity index (χ3v) is 7.61. The van der Waals surface area contributed by atoms with Crippen LogP contribution in [0.25, 0.3) is 0 Å². The van der Waals surface area contributed by atoms with Crippen molar-refractivity contribution in [3.05, 3.63) is 100 Å². The summed E-state index contributed by atoms with van der Waals surface area (Å²) >= 11 is 0. The lowest BCUT2D eigenvalue weighted by molar-refractivity contribution is 0.0520. The van der Waals surface area contributed by atoms with Crippen LogP contribution in [0.2, 0.25) is 0 Å². The molecule has 0 bridgehead atoms. The molecular formula is C30H31FN2O2. The number of ketones is 1. The first kappa shape index (κ1) is 23.6. The van der Waals surface area contributed by atoms with E-state index in [-0.39, 0.29) is 29.5 Å². The summed E-state index contributed by atoms with van der Waals surface area (Å²) in [5.74, 6) is 0.124. The van der Waals surface area contributed by atoms with Gasteiger partial charge in [-0.2, -0.15) is 0 Å². The van der Waals surface area contributed by atoms with Crippen molar-refractivity contribution in [3.8, 4) is 0 Å². The molecule has 2 atom stereocenters.